The van der Waals surface area contributed by atoms with Gasteiger partial charge in [-0.2, -0.15) is 0 Å². The van der Waals surface area contributed by atoms with Crippen molar-refractivity contribution >= 4 is 11.8 Å². The number of benzene rings is 1. The number of hydrogen-bond donors (Lipinski definition) is 2. The lowest BCUT2D eigenvalue weighted by Crippen LogP contribution is -2.49. The molecule has 0 aliphatic carbocycles. The van der Waals surface area contributed by atoms with E-state index < -0.39 is 6.04 Å². The topological polar surface area (TPSA) is 61.4 Å². The molecule has 1 aromatic rings. The van der Waals surface area contributed by atoms with Gasteiger partial charge < -0.3 is 10.6 Å². The number of piperidine rings is 1. The summed E-state index contributed by atoms with van der Waals surface area (Å²) in [6.45, 7) is 6.65. The van der Waals surface area contributed by atoms with E-state index in [4.69, 9.17) is 0 Å². The van der Waals surface area contributed by atoms with E-state index in [1.165, 1.54) is 5.56 Å². The first-order valence-electron chi connectivity index (χ1n) is 9.41. The van der Waals surface area contributed by atoms with Gasteiger partial charge in [-0.1, -0.05) is 37.3 Å². The van der Waals surface area contributed by atoms with Crippen molar-refractivity contribution in [2.45, 2.75) is 45.6 Å². The first kappa shape index (κ1) is 19.4. The van der Waals surface area contributed by atoms with Crippen LogP contribution in [0.2, 0.25) is 0 Å². The lowest BCUT2D eigenvalue weighted by Gasteiger charge is -2.31. The predicted molar refractivity (Wildman–Crippen MR) is 100 cm³/mol. The minimum atomic E-state index is -0.477. The fraction of sp³-hybridized carbons (Fsp3) is 0.600. The van der Waals surface area contributed by atoms with E-state index in [1.54, 1.807) is 6.92 Å². The maximum atomic E-state index is 12.1. The quantitative estimate of drug-likeness (QED) is 0.757. The molecule has 1 aliphatic rings. The van der Waals surface area contributed by atoms with Crippen LogP contribution in [0.4, 0.5) is 0 Å². The van der Waals surface area contributed by atoms with Gasteiger partial charge in [0, 0.05) is 6.54 Å². The summed E-state index contributed by atoms with van der Waals surface area (Å²) < 4.78 is 0. The van der Waals surface area contributed by atoms with E-state index in [2.05, 4.69) is 39.8 Å². The van der Waals surface area contributed by atoms with Crippen LogP contribution in [0.5, 0.6) is 0 Å². The molecular formula is C20H31N3O2. The second-order valence-electron chi connectivity index (χ2n) is 6.99. The Hall–Kier alpha value is -1.88. The normalized spacial score (nSPS) is 17.0. The molecule has 0 spiro atoms. The Kier molecular flexibility index (Phi) is 7.92. The number of nitrogens with one attached hydrogen (secondary N) is 2. The molecule has 1 fully saturated rings. The summed E-state index contributed by atoms with van der Waals surface area (Å²) in [6.07, 6.45) is 4.25. The number of carbonyl (C=O) groups is 2. The van der Waals surface area contributed by atoms with Gasteiger partial charge in [0.2, 0.25) is 11.8 Å². The van der Waals surface area contributed by atoms with Gasteiger partial charge in [0.1, 0.15) is 6.04 Å². The molecule has 25 heavy (non-hydrogen) atoms. The third-order valence-corrected chi connectivity index (χ3v) is 4.76. The molecule has 2 N–H and O–H groups in total. The summed E-state index contributed by atoms with van der Waals surface area (Å²) in [4.78, 5) is 26.1. The van der Waals surface area contributed by atoms with Crippen LogP contribution in [0.1, 0.15) is 38.7 Å². The molecule has 1 aromatic carbocycles. The Bertz CT molecular complexity index is 539. The molecule has 1 aliphatic heterocycles. The van der Waals surface area contributed by atoms with E-state index >= 15 is 0 Å². The molecule has 0 radical (unpaired) electrons. The highest BCUT2D eigenvalue weighted by atomic mass is 16.2. The fourth-order valence-corrected chi connectivity index (χ4v) is 3.25. The maximum absolute atomic E-state index is 12.1. The van der Waals surface area contributed by atoms with Crippen LogP contribution >= 0.6 is 0 Å². The minimum Gasteiger partial charge on any atom is -0.354 e. The second kappa shape index (κ2) is 10.2. The van der Waals surface area contributed by atoms with Crippen molar-refractivity contribution in [3.05, 3.63) is 35.9 Å². The second-order valence-corrected chi connectivity index (χ2v) is 6.99. The Morgan fingerprint density at radius 2 is 1.88 bits per heavy atom. The van der Waals surface area contributed by atoms with Crippen LogP contribution in [0.3, 0.4) is 0 Å². The van der Waals surface area contributed by atoms with Gasteiger partial charge >= 0.3 is 0 Å². The van der Waals surface area contributed by atoms with Crippen molar-refractivity contribution in [3.63, 3.8) is 0 Å². The molecule has 5 nitrogen and oxygen atoms in total. The van der Waals surface area contributed by atoms with Crippen LogP contribution in [0.15, 0.2) is 30.3 Å². The molecular weight excluding hydrogens is 314 g/mol. The first-order chi connectivity index (χ1) is 12.1. The maximum Gasteiger partial charge on any atom is 0.242 e. The molecule has 1 heterocycles. The fourth-order valence-electron chi connectivity index (χ4n) is 3.25. The van der Waals surface area contributed by atoms with E-state index in [0.29, 0.717) is 19.0 Å². The van der Waals surface area contributed by atoms with E-state index in [0.717, 1.165) is 38.8 Å². The van der Waals surface area contributed by atoms with Crippen molar-refractivity contribution in [2.24, 2.45) is 5.92 Å². The summed E-state index contributed by atoms with van der Waals surface area (Å²) in [5.41, 5.74) is 1.39. The molecule has 1 atom stereocenters. The van der Waals surface area contributed by atoms with E-state index in [9.17, 15) is 9.59 Å². The lowest BCUT2D eigenvalue weighted by atomic mass is 9.90. The smallest absolute Gasteiger partial charge is 0.242 e. The van der Waals surface area contributed by atoms with E-state index in [1.807, 2.05) is 13.0 Å². The SMILES string of the molecule is CCCNC(=O)[C@H](C)NC(=O)CN1CCC(Cc2ccccc2)CC1. The third-order valence-electron chi connectivity index (χ3n) is 4.76. The number of nitrogens with zero attached hydrogens (tertiary/aromatic N) is 1. The number of rotatable bonds is 8. The zero-order valence-corrected chi connectivity index (χ0v) is 15.5. The van der Waals surface area contributed by atoms with Crippen molar-refractivity contribution in [1.29, 1.82) is 0 Å². The van der Waals surface area contributed by atoms with Gasteiger partial charge in [0.15, 0.2) is 0 Å². The molecule has 2 amide bonds. The van der Waals surface area contributed by atoms with Crippen LogP contribution in [0, 0.1) is 5.92 Å². The number of likely N-dealkylation sites (tertiary alicyclic amines) is 1. The lowest BCUT2D eigenvalue weighted by molar-refractivity contribution is -0.129. The van der Waals surface area contributed by atoms with Crippen molar-refractivity contribution in [3.8, 4) is 0 Å². The Balaban J connectivity index is 1.67. The third kappa shape index (κ3) is 6.86. The average Bonchev–Trinajstić information content (AvgIpc) is 2.62. The molecule has 0 bridgehead atoms. The van der Waals surface area contributed by atoms with Crippen molar-refractivity contribution in [2.75, 3.05) is 26.2 Å². The first-order valence-corrected chi connectivity index (χ1v) is 9.41. The van der Waals surface area contributed by atoms with Crippen LogP contribution in [-0.2, 0) is 16.0 Å². The summed E-state index contributed by atoms with van der Waals surface area (Å²) in [5.74, 6) is 0.512. The summed E-state index contributed by atoms with van der Waals surface area (Å²) in [7, 11) is 0. The molecule has 0 unspecified atom stereocenters. The standard InChI is InChI=1S/C20H31N3O2/c1-3-11-21-20(25)16(2)22-19(24)15-23-12-9-18(10-13-23)14-17-7-5-4-6-8-17/h4-8,16,18H,3,9-15H2,1-2H3,(H,21,25)(H,22,24)/t16-/m0/s1. The van der Waals surface area contributed by atoms with Gasteiger partial charge in [-0.05, 0) is 57.2 Å². The van der Waals surface area contributed by atoms with E-state index in [-0.39, 0.29) is 11.8 Å². The summed E-state index contributed by atoms with van der Waals surface area (Å²) in [5, 5.41) is 5.60. The van der Waals surface area contributed by atoms with Gasteiger partial charge in [0.25, 0.3) is 0 Å². The predicted octanol–water partition coefficient (Wildman–Crippen LogP) is 1.97. The van der Waals surface area contributed by atoms with Crippen LogP contribution in [-0.4, -0.2) is 48.9 Å². The van der Waals surface area contributed by atoms with Crippen molar-refractivity contribution < 1.29 is 9.59 Å². The monoisotopic (exact) mass is 345 g/mol. The summed E-state index contributed by atoms with van der Waals surface area (Å²) in [6, 6.07) is 10.1. The largest absolute Gasteiger partial charge is 0.354 e. The Morgan fingerprint density at radius 1 is 1.20 bits per heavy atom. The van der Waals surface area contributed by atoms with Crippen molar-refractivity contribution in [1.82, 2.24) is 15.5 Å². The highest BCUT2D eigenvalue weighted by Gasteiger charge is 2.22. The molecule has 2 rings (SSSR count). The van der Waals surface area contributed by atoms with Gasteiger partial charge in [-0.15, -0.1) is 0 Å². The Labute approximate surface area is 151 Å². The number of carbonyl (C=O) groups excluding carboxylic acids is 2. The minimum absolute atomic E-state index is 0.0688. The molecule has 138 valence electrons. The highest BCUT2D eigenvalue weighted by Crippen LogP contribution is 2.21. The van der Waals surface area contributed by atoms with Crippen LogP contribution < -0.4 is 10.6 Å². The highest BCUT2D eigenvalue weighted by molar-refractivity contribution is 5.87. The Morgan fingerprint density at radius 3 is 2.52 bits per heavy atom. The van der Waals surface area contributed by atoms with Gasteiger partial charge in [-0.25, -0.2) is 0 Å². The average molecular weight is 345 g/mol. The van der Waals surface area contributed by atoms with Crippen LogP contribution in [0.25, 0.3) is 0 Å². The molecule has 0 aromatic heterocycles. The summed E-state index contributed by atoms with van der Waals surface area (Å²) >= 11 is 0. The van der Waals surface area contributed by atoms with Gasteiger partial charge in [0.05, 0.1) is 6.54 Å². The molecule has 1 saturated heterocycles. The number of amides is 2. The molecule has 0 saturated carbocycles. The molecule has 5 heteroatoms. The zero-order valence-electron chi connectivity index (χ0n) is 15.5. The van der Waals surface area contributed by atoms with Gasteiger partial charge in [-0.3, -0.25) is 14.5 Å². The number of hydrogen-bond acceptors (Lipinski definition) is 3. The zero-order chi connectivity index (χ0) is 18.1.